The van der Waals surface area contributed by atoms with Gasteiger partial charge in [-0.15, -0.1) is 0 Å². The maximum absolute atomic E-state index is 11.6. The van der Waals surface area contributed by atoms with E-state index in [2.05, 4.69) is 10.3 Å². The number of nitrogens with one attached hydrogen (secondary N) is 1. The predicted octanol–water partition coefficient (Wildman–Crippen LogP) is 2.96. The second-order valence-corrected chi connectivity index (χ2v) is 4.98. The number of carbonyl (C=O) groups excluding carboxylic acids is 1. The van der Waals surface area contributed by atoms with Crippen molar-refractivity contribution in [2.24, 2.45) is 0 Å². The summed E-state index contributed by atoms with van der Waals surface area (Å²) in [4.78, 5) is 16.1. The summed E-state index contributed by atoms with van der Waals surface area (Å²) in [5.41, 5.74) is 1.62. The summed E-state index contributed by atoms with van der Waals surface area (Å²) in [5, 5.41) is 4.52. The van der Waals surface area contributed by atoms with E-state index in [1.807, 2.05) is 38.1 Å². The van der Waals surface area contributed by atoms with E-state index < -0.39 is 0 Å². The number of halogens is 1. The second kappa shape index (κ2) is 5.36. The minimum atomic E-state index is -0.00851. The average Bonchev–Trinajstić information content (AvgIpc) is 2.28. The Morgan fingerprint density at radius 3 is 2.83 bits per heavy atom. The van der Waals surface area contributed by atoms with Gasteiger partial charge in [-0.3, -0.25) is 9.78 Å². The average molecular weight is 263 g/mol. The van der Waals surface area contributed by atoms with Crippen LogP contribution in [0.2, 0.25) is 5.02 Å². The number of hydrogen-bond acceptors (Lipinski definition) is 2. The SMILES string of the molecule is CC(C)NC(=O)Cc1ccc2cc(Cl)ccc2n1. The molecule has 1 aromatic heterocycles. The Hall–Kier alpha value is -1.61. The van der Waals surface area contributed by atoms with Gasteiger partial charge in [0.1, 0.15) is 0 Å². The molecule has 0 saturated heterocycles. The van der Waals surface area contributed by atoms with E-state index in [4.69, 9.17) is 11.6 Å². The molecule has 0 unspecified atom stereocenters. The monoisotopic (exact) mass is 262 g/mol. The molecule has 18 heavy (non-hydrogen) atoms. The first-order valence-corrected chi connectivity index (χ1v) is 6.27. The minimum absolute atomic E-state index is 0.00851. The molecule has 0 fully saturated rings. The van der Waals surface area contributed by atoms with Gasteiger partial charge < -0.3 is 5.32 Å². The van der Waals surface area contributed by atoms with Gasteiger partial charge in [0.05, 0.1) is 17.6 Å². The van der Waals surface area contributed by atoms with Crippen LogP contribution in [0.5, 0.6) is 0 Å². The van der Waals surface area contributed by atoms with E-state index in [-0.39, 0.29) is 11.9 Å². The summed E-state index contributed by atoms with van der Waals surface area (Å²) < 4.78 is 0. The van der Waals surface area contributed by atoms with Crippen LogP contribution < -0.4 is 5.32 Å². The van der Waals surface area contributed by atoms with Crippen molar-refractivity contribution in [3.05, 3.63) is 41.0 Å². The van der Waals surface area contributed by atoms with Crippen molar-refractivity contribution in [1.29, 1.82) is 0 Å². The number of hydrogen-bond donors (Lipinski definition) is 1. The van der Waals surface area contributed by atoms with Gasteiger partial charge in [-0.25, -0.2) is 0 Å². The summed E-state index contributed by atoms with van der Waals surface area (Å²) in [6, 6.07) is 9.47. The first-order chi connectivity index (χ1) is 8.54. The third kappa shape index (κ3) is 3.20. The molecular weight excluding hydrogens is 248 g/mol. The Kier molecular flexibility index (Phi) is 3.82. The first-order valence-electron chi connectivity index (χ1n) is 5.89. The number of fused-ring (bicyclic) bond motifs is 1. The quantitative estimate of drug-likeness (QED) is 0.924. The number of pyridine rings is 1. The highest BCUT2D eigenvalue weighted by atomic mass is 35.5. The lowest BCUT2D eigenvalue weighted by atomic mass is 10.1. The van der Waals surface area contributed by atoms with Gasteiger partial charge in [0.2, 0.25) is 5.91 Å². The van der Waals surface area contributed by atoms with Crippen molar-refractivity contribution in [2.45, 2.75) is 26.3 Å². The minimum Gasteiger partial charge on any atom is -0.354 e. The number of benzene rings is 1. The molecule has 0 radical (unpaired) electrons. The van der Waals surface area contributed by atoms with Crippen LogP contribution in [0.3, 0.4) is 0 Å². The van der Waals surface area contributed by atoms with Crippen molar-refractivity contribution in [2.75, 3.05) is 0 Å². The lowest BCUT2D eigenvalue weighted by Gasteiger charge is -2.08. The molecule has 4 heteroatoms. The topological polar surface area (TPSA) is 42.0 Å². The largest absolute Gasteiger partial charge is 0.354 e. The number of amides is 1. The summed E-state index contributed by atoms with van der Waals surface area (Å²) in [6.07, 6.45) is 0.302. The number of rotatable bonds is 3. The van der Waals surface area contributed by atoms with Gasteiger partial charge >= 0.3 is 0 Å². The Bertz CT molecular complexity index is 581. The molecule has 2 rings (SSSR count). The Morgan fingerprint density at radius 2 is 2.11 bits per heavy atom. The highest BCUT2D eigenvalue weighted by Gasteiger charge is 2.06. The molecule has 1 N–H and O–H groups in total. The maximum Gasteiger partial charge on any atom is 0.226 e. The zero-order valence-electron chi connectivity index (χ0n) is 10.4. The van der Waals surface area contributed by atoms with Crippen molar-refractivity contribution < 1.29 is 4.79 Å². The molecule has 0 spiro atoms. The van der Waals surface area contributed by atoms with E-state index in [0.717, 1.165) is 16.6 Å². The van der Waals surface area contributed by atoms with Gasteiger partial charge in [0, 0.05) is 16.5 Å². The summed E-state index contributed by atoms with van der Waals surface area (Å²) in [6.45, 7) is 3.88. The molecule has 1 heterocycles. The van der Waals surface area contributed by atoms with Crippen LogP contribution in [0, 0.1) is 0 Å². The Labute approximate surface area is 111 Å². The lowest BCUT2D eigenvalue weighted by molar-refractivity contribution is -0.120. The van der Waals surface area contributed by atoms with E-state index in [1.165, 1.54) is 0 Å². The molecule has 2 aromatic rings. The Morgan fingerprint density at radius 1 is 1.33 bits per heavy atom. The standard InChI is InChI=1S/C14H15ClN2O/c1-9(2)16-14(18)8-12-5-3-10-7-11(15)4-6-13(10)17-12/h3-7,9H,8H2,1-2H3,(H,16,18). The smallest absolute Gasteiger partial charge is 0.226 e. The van der Waals surface area contributed by atoms with Crippen molar-refractivity contribution >= 4 is 28.4 Å². The third-order valence-corrected chi connectivity index (χ3v) is 2.74. The normalized spacial score (nSPS) is 10.9. The third-order valence-electron chi connectivity index (χ3n) is 2.50. The molecule has 94 valence electrons. The molecule has 3 nitrogen and oxygen atoms in total. The molecule has 0 atom stereocenters. The zero-order valence-corrected chi connectivity index (χ0v) is 11.2. The van der Waals surface area contributed by atoms with Crippen molar-refractivity contribution in [3.8, 4) is 0 Å². The van der Waals surface area contributed by atoms with Gasteiger partial charge in [0.25, 0.3) is 0 Å². The molecular formula is C14H15ClN2O. The summed E-state index contributed by atoms with van der Waals surface area (Å²) in [5.74, 6) is -0.00851. The maximum atomic E-state index is 11.6. The fourth-order valence-electron chi connectivity index (χ4n) is 1.77. The van der Waals surface area contributed by atoms with Crippen LogP contribution in [0.4, 0.5) is 0 Å². The molecule has 1 aromatic carbocycles. The van der Waals surface area contributed by atoms with Crippen molar-refractivity contribution in [3.63, 3.8) is 0 Å². The highest BCUT2D eigenvalue weighted by molar-refractivity contribution is 6.31. The molecule has 0 bridgehead atoms. The van der Waals surface area contributed by atoms with Crippen LogP contribution >= 0.6 is 11.6 Å². The van der Waals surface area contributed by atoms with E-state index in [1.54, 1.807) is 6.07 Å². The first kappa shape index (κ1) is 12.8. The zero-order chi connectivity index (χ0) is 13.1. The van der Waals surface area contributed by atoms with Crippen LogP contribution in [-0.4, -0.2) is 16.9 Å². The number of nitrogens with zero attached hydrogens (tertiary/aromatic N) is 1. The molecule has 1 amide bonds. The van der Waals surface area contributed by atoms with E-state index >= 15 is 0 Å². The molecule has 0 aliphatic heterocycles. The summed E-state index contributed by atoms with van der Waals surface area (Å²) in [7, 11) is 0. The Balaban J connectivity index is 2.20. The molecule has 0 aliphatic rings. The van der Waals surface area contributed by atoms with Gasteiger partial charge in [0.15, 0.2) is 0 Å². The highest BCUT2D eigenvalue weighted by Crippen LogP contribution is 2.18. The number of carbonyl (C=O) groups is 1. The summed E-state index contributed by atoms with van der Waals surface area (Å²) >= 11 is 5.91. The van der Waals surface area contributed by atoms with Crippen LogP contribution in [0.15, 0.2) is 30.3 Å². The van der Waals surface area contributed by atoms with Gasteiger partial charge in [-0.1, -0.05) is 17.7 Å². The van der Waals surface area contributed by atoms with Gasteiger partial charge in [-0.2, -0.15) is 0 Å². The van der Waals surface area contributed by atoms with E-state index in [0.29, 0.717) is 11.4 Å². The fraction of sp³-hybridized carbons (Fsp3) is 0.286. The van der Waals surface area contributed by atoms with Gasteiger partial charge in [-0.05, 0) is 38.1 Å². The molecule has 0 saturated carbocycles. The van der Waals surface area contributed by atoms with Crippen molar-refractivity contribution in [1.82, 2.24) is 10.3 Å². The fourth-order valence-corrected chi connectivity index (χ4v) is 1.96. The predicted molar refractivity (Wildman–Crippen MR) is 73.7 cm³/mol. The van der Waals surface area contributed by atoms with Crippen LogP contribution in [-0.2, 0) is 11.2 Å². The lowest BCUT2D eigenvalue weighted by Crippen LogP contribution is -2.31. The second-order valence-electron chi connectivity index (χ2n) is 4.54. The van der Waals surface area contributed by atoms with E-state index in [9.17, 15) is 4.79 Å². The molecule has 0 aliphatic carbocycles. The van der Waals surface area contributed by atoms with Crippen LogP contribution in [0.25, 0.3) is 10.9 Å². The van der Waals surface area contributed by atoms with Crippen LogP contribution in [0.1, 0.15) is 19.5 Å². The number of aromatic nitrogens is 1.